The molecule has 1 aromatic heterocycles. The molecule has 0 atom stereocenters. The van der Waals surface area contributed by atoms with E-state index in [2.05, 4.69) is 10.3 Å². The van der Waals surface area contributed by atoms with Crippen LogP contribution >= 0.6 is 0 Å². The highest BCUT2D eigenvalue weighted by Gasteiger charge is 2.15. The molecule has 0 bridgehead atoms. The van der Waals surface area contributed by atoms with Crippen molar-refractivity contribution in [3.63, 3.8) is 0 Å². The van der Waals surface area contributed by atoms with Gasteiger partial charge in [-0.25, -0.2) is 14.3 Å². The number of benzene rings is 1. The number of esters is 1. The standard InChI is InChI=1S/C14H15N3O4/c1-2-3-7-21-14(20)10-5-4-6-11(8-10)17-12(13(18)19)9-15-16-17/h4-6,8-9H,2-3,7H2,1H3,(H,18,19). The van der Waals surface area contributed by atoms with E-state index < -0.39 is 11.9 Å². The van der Waals surface area contributed by atoms with Crippen molar-refractivity contribution in [2.75, 3.05) is 6.61 Å². The second-order valence-electron chi connectivity index (χ2n) is 4.38. The third-order valence-electron chi connectivity index (χ3n) is 2.83. The Bertz CT molecular complexity index is 651. The monoisotopic (exact) mass is 289 g/mol. The maximum Gasteiger partial charge on any atom is 0.356 e. The summed E-state index contributed by atoms with van der Waals surface area (Å²) in [6.07, 6.45) is 2.89. The maximum absolute atomic E-state index is 11.9. The lowest BCUT2D eigenvalue weighted by Gasteiger charge is -2.07. The van der Waals surface area contributed by atoms with Gasteiger partial charge < -0.3 is 9.84 Å². The Balaban J connectivity index is 2.23. The molecule has 0 unspecified atom stereocenters. The van der Waals surface area contributed by atoms with Gasteiger partial charge in [-0.15, -0.1) is 5.10 Å². The van der Waals surface area contributed by atoms with Crippen molar-refractivity contribution in [3.8, 4) is 5.69 Å². The number of hydrogen-bond donors (Lipinski definition) is 1. The van der Waals surface area contributed by atoms with E-state index in [1.54, 1.807) is 18.2 Å². The first kappa shape index (κ1) is 14.7. The van der Waals surface area contributed by atoms with Crippen LogP contribution in [-0.4, -0.2) is 38.6 Å². The van der Waals surface area contributed by atoms with E-state index in [1.165, 1.54) is 6.07 Å². The number of hydrogen-bond acceptors (Lipinski definition) is 5. The van der Waals surface area contributed by atoms with Gasteiger partial charge in [-0.2, -0.15) is 0 Å². The SMILES string of the molecule is CCCCOC(=O)c1cccc(-n2nncc2C(=O)O)c1. The van der Waals surface area contributed by atoms with Crippen molar-refractivity contribution >= 4 is 11.9 Å². The summed E-state index contributed by atoms with van der Waals surface area (Å²) >= 11 is 0. The van der Waals surface area contributed by atoms with E-state index in [0.29, 0.717) is 17.9 Å². The Morgan fingerprint density at radius 1 is 1.38 bits per heavy atom. The van der Waals surface area contributed by atoms with Crippen LogP contribution in [0.25, 0.3) is 5.69 Å². The van der Waals surface area contributed by atoms with Gasteiger partial charge in [0, 0.05) is 0 Å². The smallest absolute Gasteiger partial charge is 0.356 e. The number of carboxylic acid groups (broad SMARTS) is 1. The van der Waals surface area contributed by atoms with Crippen LogP contribution in [0.4, 0.5) is 0 Å². The lowest BCUT2D eigenvalue weighted by Crippen LogP contribution is -2.10. The summed E-state index contributed by atoms with van der Waals surface area (Å²) in [6, 6.07) is 6.41. The third-order valence-corrected chi connectivity index (χ3v) is 2.83. The van der Waals surface area contributed by atoms with Gasteiger partial charge in [0.05, 0.1) is 24.1 Å². The zero-order valence-corrected chi connectivity index (χ0v) is 11.5. The molecule has 21 heavy (non-hydrogen) atoms. The van der Waals surface area contributed by atoms with Crippen LogP contribution in [0.3, 0.4) is 0 Å². The molecule has 0 saturated heterocycles. The van der Waals surface area contributed by atoms with E-state index in [9.17, 15) is 9.59 Å². The molecule has 0 aliphatic heterocycles. The second kappa shape index (κ2) is 6.65. The van der Waals surface area contributed by atoms with Crippen molar-refractivity contribution in [1.29, 1.82) is 0 Å². The average molecular weight is 289 g/mol. The largest absolute Gasteiger partial charge is 0.476 e. The first-order chi connectivity index (χ1) is 10.1. The second-order valence-corrected chi connectivity index (χ2v) is 4.38. The highest BCUT2D eigenvalue weighted by molar-refractivity contribution is 5.90. The first-order valence-corrected chi connectivity index (χ1v) is 6.55. The lowest BCUT2D eigenvalue weighted by molar-refractivity contribution is 0.0499. The number of rotatable bonds is 6. The normalized spacial score (nSPS) is 10.3. The fraction of sp³-hybridized carbons (Fsp3) is 0.286. The quantitative estimate of drug-likeness (QED) is 0.645. The van der Waals surface area contributed by atoms with Gasteiger partial charge in [0.15, 0.2) is 5.69 Å². The van der Waals surface area contributed by atoms with Gasteiger partial charge in [-0.3, -0.25) is 0 Å². The number of ether oxygens (including phenoxy) is 1. The molecule has 0 radical (unpaired) electrons. The Hall–Kier alpha value is -2.70. The van der Waals surface area contributed by atoms with Crippen LogP contribution in [0.5, 0.6) is 0 Å². The fourth-order valence-electron chi connectivity index (χ4n) is 1.73. The van der Waals surface area contributed by atoms with E-state index in [-0.39, 0.29) is 5.69 Å². The minimum Gasteiger partial charge on any atom is -0.476 e. The minimum absolute atomic E-state index is 0.0773. The summed E-state index contributed by atoms with van der Waals surface area (Å²) in [5.41, 5.74) is 0.705. The van der Waals surface area contributed by atoms with E-state index in [4.69, 9.17) is 9.84 Å². The zero-order valence-electron chi connectivity index (χ0n) is 11.5. The van der Waals surface area contributed by atoms with E-state index in [1.807, 2.05) is 6.92 Å². The Morgan fingerprint density at radius 3 is 2.90 bits per heavy atom. The molecule has 0 saturated carbocycles. The highest BCUT2D eigenvalue weighted by atomic mass is 16.5. The van der Waals surface area contributed by atoms with Crippen molar-refractivity contribution in [2.45, 2.75) is 19.8 Å². The third kappa shape index (κ3) is 3.44. The van der Waals surface area contributed by atoms with Crippen molar-refractivity contribution in [1.82, 2.24) is 15.0 Å². The number of aromatic carboxylic acids is 1. The molecule has 1 N–H and O–H groups in total. The molecule has 2 rings (SSSR count). The van der Waals surface area contributed by atoms with Gasteiger partial charge in [0.1, 0.15) is 0 Å². The lowest BCUT2D eigenvalue weighted by atomic mass is 10.2. The van der Waals surface area contributed by atoms with Crippen molar-refractivity contribution in [3.05, 3.63) is 41.7 Å². The average Bonchev–Trinajstić information content (AvgIpc) is 2.97. The molecular formula is C14H15N3O4. The molecule has 7 heteroatoms. The van der Waals surface area contributed by atoms with Crippen LogP contribution < -0.4 is 0 Å². The zero-order chi connectivity index (χ0) is 15.2. The van der Waals surface area contributed by atoms with Crippen LogP contribution in [0, 0.1) is 0 Å². The Labute approximate surface area is 121 Å². The molecular weight excluding hydrogens is 274 g/mol. The summed E-state index contributed by atoms with van der Waals surface area (Å²) < 4.78 is 6.28. The summed E-state index contributed by atoms with van der Waals surface area (Å²) in [5, 5.41) is 16.3. The van der Waals surface area contributed by atoms with E-state index >= 15 is 0 Å². The molecule has 0 aliphatic carbocycles. The summed E-state index contributed by atoms with van der Waals surface area (Å²) in [4.78, 5) is 22.9. The summed E-state index contributed by atoms with van der Waals surface area (Å²) in [6.45, 7) is 2.37. The number of carboxylic acids is 1. The highest BCUT2D eigenvalue weighted by Crippen LogP contribution is 2.13. The molecule has 0 fully saturated rings. The van der Waals surface area contributed by atoms with Crippen LogP contribution in [0.2, 0.25) is 0 Å². The summed E-state index contributed by atoms with van der Waals surface area (Å²) in [7, 11) is 0. The molecule has 2 aromatic rings. The van der Waals surface area contributed by atoms with Gasteiger partial charge in [-0.05, 0) is 24.6 Å². The van der Waals surface area contributed by atoms with Gasteiger partial charge >= 0.3 is 11.9 Å². The summed E-state index contributed by atoms with van der Waals surface area (Å²) in [5.74, 6) is -1.58. The van der Waals surface area contributed by atoms with E-state index in [0.717, 1.165) is 23.7 Å². The molecule has 1 heterocycles. The first-order valence-electron chi connectivity index (χ1n) is 6.55. The Kier molecular flexibility index (Phi) is 4.65. The molecule has 0 spiro atoms. The fourth-order valence-corrected chi connectivity index (χ4v) is 1.73. The molecule has 7 nitrogen and oxygen atoms in total. The predicted molar refractivity (Wildman–Crippen MR) is 73.5 cm³/mol. The number of nitrogens with zero attached hydrogens (tertiary/aromatic N) is 3. The minimum atomic E-state index is -1.14. The molecule has 0 aliphatic rings. The molecule has 0 amide bonds. The van der Waals surface area contributed by atoms with Crippen LogP contribution in [0.1, 0.15) is 40.6 Å². The van der Waals surface area contributed by atoms with Crippen LogP contribution in [-0.2, 0) is 4.74 Å². The number of carbonyl (C=O) groups is 2. The Morgan fingerprint density at radius 2 is 2.19 bits per heavy atom. The molecule has 1 aromatic carbocycles. The van der Waals surface area contributed by atoms with Gasteiger partial charge in [0.25, 0.3) is 0 Å². The van der Waals surface area contributed by atoms with Crippen LogP contribution in [0.15, 0.2) is 30.5 Å². The maximum atomic E-state index is 11.9. The van der Waals surface area contributed by atoms with Crippen molar-refractivity contribution < 1.29 is 19.4 Å². The number of carbonyl (C=O) groups excluding carboxylic acids is 1. The van der Waals surface area contributed by atoms with Gasteiger partial charge in [0.2, 0.25) is 0 Å². The van der Waals surface area contributed by atoms with Crippen molar-refractivity contribution in [2.24, 2.45) is 0 Å². The van der Waals surface area contributed by atoms with Gasteiger partial charge in [-0.1, -0.05) is 24.6 Å². The predicted octanol–water partition coefficient (Wildman–Crippen LogP) is 1.92. The number of aromatic nitrogens is 3. The molecule has 110 valence electrons. The topological polar surface area (TPSA) is 94.3 Å². The number of unbranched alkanes of at least 4 members (excludes halogenated alkanes) is 1.